The van der Waals surface area contributed by atoms with E-state index >= 15 is 0 Å². The Morgan fingerprint density at radius 2 is 1.48 bits per heavy atom. The van der Waals surface area contributed by atoms with Gasteiger partial charge in [-0.1, -0.05) is 17.7 Å². The van der Waals surface area contributed by atoms with Crippen LogP contribution in [0.3, 0.4) is 0 Å². The van der Waals surface area contributed by atoms with Crippen LogP contribution in [-0.2, 0) is 10.0 Å². The Balaban J connectivity index is 1.77. The number of benzene rings is 3. The van der Waals surface area contributed by atoms with E-state index in [1.807, 2.05) is 57.2 Å². The van der Waals surface area contributed by atoms with Crippen molar-refractivity contribution in [3.05, 3.63) is 82.9 Å². The maximum atomic E-state index is 12.8. The molecule has 0 saturated carbocycles. The Morgan fingerprint density at radius 1 is 0.897 bits per heavy atom. The van der Waals surface area contributed by atoms with Gasteiger partial charge in [-0.05, 0) is 86.0 Å². The van der Waals surface area contributed by atoms with Crippen LogP contribution in [0.15, 0.2) is 70.6 Å². The zero-order valence-electron chi connectivity index (χ0n) is 16.9. The summed E-state index contributed by atoms with van der Waals surface area (Å²) in [6.45, 7) is 5.78. The van der Waals surface area contributed by atoms with Crippen molar-refractivity contribution in [1.29, 1.82) is 0 Å². The third-order valence-electron chi connectivity index (χ3n) is 4.54. The number of hydrogen-bond donors (Lipinski definition) is 1. The maximum Gasteiger partial charge on any atom is 0.261 e. The summed E-state index contributed by atoms with van der Waals surface area (Å²) in [6.07, 6.45) is 1.72. The fourth-order valence-electron chi connectivity index (χ4n) is 3.08. The highest BCUT2D eigenvalue weighted by Gasteiger charge is 2.16. The van der Waals surface area contributed by atoms with Crippen LogP contribution in [0, 0.1) is 20.8 Å². The van der Waals surface area contributed by atoms with Gasteiger partial charge >= 0.3 is 0 Å². The van der Waals surface area contributed by atoms with Crippen LogP contribution in [0.5, 0.6) is 5.75 Å². The van der Waals surface area contributed by atoms with Crippen molar-refractivity contribution in [2.24, 2.45) is 4.99 Å². The number of anilines is 1. The second-order valence-electron chi connectivity index (χ2n) is 6.90. The van der Waals surface area contributed by atoms with E-state index in [4.69, 9.17) is 4.74 Å². The summed E-state index contributed by atoms with van der Waals surface area (Å²) in [5.41, 5.74) is 5.11. The second-order valence-corrected chi connectivity index (χ2v) is 8.59. The first-order valence-electron chi connectivity index (χ1n) is 9.17. The molecule has 0 unspecified atom stereocenters. The fourth-order valence-corrected chi connectivity index (χ4v) is 4.29. The molecule has 3 aromatic rings. The van der Waals surface area contributed by atoms with Crippen LogP contribution >= 0.6 is 0 Å². The molecule has 0 aromatic heterocycles. The van der Waals surface area contributed by atoms with Crippen molar-refractivity contribution in [2.45, 2.75) is 25.7 Å². The van der Waals surface area contributed by atoms with Gasteiger partial charge < -0.3 is 4.74 Å². The van der Waals surface area contributed by atoms with Gasteiger partial charge in [-0.25, -0.2) is 8.42 Å². The van der Waals surface area contributed by atoms with Gasteiger partial charge in [0.25, 0.3) is 10.0 Å². The largest absolute Gasteiger partial charge is 0.497 e. The molecule has 0 aliphatic carbocycles. The highest BCUT2D eigenvalue weighted by Crippen LogP contribution is 2.26. The van der Waals surface area contributed by atoms with E-state index in [9.17, 15) is 8.42 Å². The topological polar surface area (TPSA) is 67.8 Å². The molecule has 0 heterocycles. The summed E-state index contributed by atoms with van der Waals surface area (Å²) < 4.78 is 33.4. The van der Waals surface area contributed by atoms with Crippen LogP contribution in [-0.4, -0.2) is 21.7 Å². The van der Waals surface area contributed by atoms with Crippen molar-refractivity contribution in [2.75, 3.05) is 11.8 Å². The minimum absolute atomic E-state index is 0.195. The number of rotatable bonds is 6. The number of ether oxygens (including phenoxy) is 1. The van der Waals surface area contributed by atoms with Crippen LogP contribution in [0.4, 0.5) is 11.4 Å². The number of nitrogens with one attached hydrogen (secondary N) is 1. The van der Waals surface area contributed by atoms with Crippen molar-refractivity contribution in [1.82, 2.24) is 0 Å². The molecule has 0 saturated heterocycles. The average Bonchev–Trinajstić information content (AvgIpc) is 2.70. The van der Waals surface area contributed by atoms with E-state index in [0.717, 1.165) is 28.0 Å². The van der Waals surface area contributed by atoms with E-state index in [0.29, 0.717) is 11.4 Å². The van der Waals surface area contributed by atoms with Gasteiger partial charge in [-0.3, -0.25) is 9.71 Å². The number of hydrogen-bond acceptors (Lipinski definition) is 4. The number of sulfonamides is 1. The van der Waals surface area contributed by atoms with Gasteiger partial charge in [0.15, 0.2) is 0 Å². The lowest BCUT2D eigenvalue weighted by Gasteiger charge is -2.14. The van der Waals surface area contributed by atoms with Crippen LogP contribution < -0.4 is 9.46 Å². The molecule has 0 spiro atoms. The SMILES string of the molecule is COc1ccc(C=Nc2ccc(S(=O)(=O)Nc3c(C)cc(C)cc3C)cc2)cc1. The lowest BCUT2D eigenvalue weighted by atomic mass is 10.1. The number of aliphatic imine (C=N–C) groups is 1. The second kappa shape index (κ2) is 8.49. The van der Waals surface area contributed by atoms with Gasteiger partial charge in [0.05, 0.1) is 23.4 Å². The molecule has 5 nitrogen and oxygen atoms in total. The van der Waals surface area contributed by atoms with Crippen LogP contribution in [0.2, 0.25) is 0 Å². The first-order chi connectivity index (χ1) is 13.8. The van der Waals surface area contributed by atoms with E-state index in [2.05, 4.69) is 9.71 Å². The third-order valence-corrected chi connectivity index (χ3v) is 5.90. The first-order valence-corrected chi connectivity index (χ1v) is 10.7. The van der Waals surface area contributed by atoms with E-state index in [-0.39, 0.29) is 4.90 Å². The molecule has 3 rings (SSSR count). The Morgan fingerprint density at radius 3 is 2.03 bits per heavy atom. The quantitative estimate of drug-likeness (QED) is 0.572. The average molecular weight is 409 g/mol. The van der Waals surface area contributed by atoms with Gasteiger partial charge in [0.2, 0.25) is 0 Å². The number of aryl methyl sites for hydroxylation is 3. The zero-order chi connectivity index (χ0) is 21.0. The molecular weight excluding hydrogens is 384 g/mol. The minimum Gasteiger partial charge on any atom is -0.497 e. The summed E-state index contributed by atoms with van der Waals surface area (Å²) in [5.74, 6) is 0.781. The molecule has 0 atom stereocenters. The van der Waals surface area contributed by atoms with Gasteiger partial charge in [0.1, 0.15) is 5.75 Å². The lowest BCUT2D eigenvalue weighted by molar-refractivity contribution is 0.415. The molecule has 0 aliphatic heterocycles. The highest BCUT2D eigenvalue weighted by molar-refractivity contribution is 7.92. The normalized spacial score (nSPS) is 11.6. The highest BCUT2D eigenvalue weighted by atomic mass is 32.2. The van der Waals surface area contributed by atoms with Gasteiger partial charge in [-0.2, -0.15) is 0 Å². The summed E-state index contributed by atoms with van der Waals surface area (Å²) in [4.78, 5) is 4.59. The fraction of sp³-hybridized carbons (Fsp3) is 0.174. The molecule has 3 aromatic carbocycles. The smallest absolute Gasteiger partial charge is 0.261 e. The predicted molar refractivity (Wildman–Crippen MR) is 118 cm³/mol. The summed E-state index contributed by atoms with van der Waals surface area (Å²) in [5, 5.41) is 0. The summed E-state index contributed by atoms with van der Waals surface area (Å²) in [7, 11) is -2.06. The first kappa shape index (κ1) is 20.6. The standard InChI is InChI=1S/C23H24N2O3S/c1-16-13-17(2)23(18(3)14-16)25-29(26,27)22-11-7-20(8-12-22)24-15-19-5-9-21(28-4)10-6-19/h5-15,25H,1-4H3. The molecule has 0 radical (unpaired) electrons. The van der Waals surface area contributed by atoms with Gasteiger partial charge in [0, 0.05) is 6.21 Å². The van der Waals surface area contributed by atoms with Crippen molar-refractivity contribution in [3.63, 3.8) is 0 Å². The molecular formula is C23H24N2O3S. The third kappa shape index (κ3) is 5.03. The molecule has 1 N–H and O–H groups in total. The summed E-state index contributed by atoms with van der Waals surface area (Å²) >= 11 is 0. The Kier molecular flexibility index (Phi) is 6.03. The Hall–Kier alpha value is -3.12. The molecule has 0 amide bonds. The molecule has 150 valence electrons. The Labute approximate surface area is 172 Å². The molecule has 0 aliphatic rings. The molecule has 0 bridgehead atoms. The molecule has 0 fully saturated rings. The molecule has 6 heteroatoms. The Bertz CT molecular complexity index is 1110. The maximum absolute atomic E-state index is 12.8. The zero-order valence-corrected chi connectivity index (χ0v) is 17.7. The van der Waals surface area contributed by atoms with E-state index in [1.54, 1.807) is 37.6 Å². The van der Waals surface area contributed by atoms with E-state index < -0.39 is 10.0 Å². The lowest BCUT2D eigenvalue weighted by Crippen LogP contribution is -2.14. The summed E-state index contributed by atoms with van der Waals surface area (Å²) in [6, 6.07) is 17.9. The molecule has 29 heavy (non-hydrogen) atoms. The van der Waals surface area contributed by atoms with Crippen molar-refractivity contribution < 1.29 is 13.2 Å². The number of nitrogens with zero attached hydrogens (tertiary/aromatic N) is 1. The van der Waals surface area contributed by atoms with Crippen LogP contribution in [0.25, 0.3) is 0 Å². The van der Waals surface area contributed by atoms with Crippen molar-refractivity contribution >= 4 is 27.6 Å². The monoisotopic (exact) mass is 408 g/mol. The minimum atomic E-state index is -3.68. The van der Waals surface area contributed by atoms with Crippen LogP contribution in [0.1, 0.15) is 22.3 Å². The van der Waals surface area contributed by atoms with E-state index in [1.165, 1.54) is 0 Å². The predicted octanol–water partition coefficient (Wildman–Crippen LogP) is 5.17. The van der Waals surface area contributed by atoms with Gasteiger partial charge in [-0.15, -0.1) is 0 Å². The van der Waals surface area contributed by atoms with Crippen molar-refractivity contribution in [3.8, 4) is 5.75 Å². The number of methoxy groups -OCH3 is 1.